The fourth-order valence-corrected chi connectivity index (χ4v) is 3.95. The number of benzene rings is 5. The predicted molar refractivity (Wildman–Crippen MR) is 118 cm³/mol. The maximum Gasteiger partial charge on any atom is 0.335 e. The Hall–Kier alpha value is -4.25. The minimum Gasteiger partial charge on any atom is -0.478 e. The van der Waals surface area contributed by atoms with E-state index in [2.05, 4.69) is 41.4 Å². The quantitative estimate of drug-likeness (QED) is 0.301. The number of nitrogens with zero attached hydrogens (tertiary/aromatic N) is 1. The third-order valence-electron chi connectivity index (χ3n) is 5.33. The molecule has 30 heavy (non-hydrogen) atoms. The van der Waals surface area contributed by atoms with E-state index < -0.39 is 11.9 Å². The van der Waals surface area contributed by atoms with Crippen LogP contribution in [0.25, 0.3) is 32.3 Å². The SMILES string of the molecule is O=C(O)c1cc(N=Cc2ccc3ccc4cccc5ccc2c3c45)cc(C(=O)O)c1. The van der Waals surface area contributed by atoms with Gasteiger partial charge in [0, 0.05) is 11.8 Å². The van der Waals surface area contributed by atoms with Gasteiger partial charge >= 0.3 is 11.9 Å². The summed E-state index contributed by atoms with van der Waals surface area (Å²) in [6.45, 7) is 0. The van der Waals surface area contributed by atoms with E-state index in [9.17, 15) is 19.8 Å². The first-order valence-electron chi connectivity index (χ1n) is 9.33. The van der Waals surface area contributed by atoms with Crippen molar-refractivity contribution in [2.24, 2.45) is 4.99 Å². The van der Waals surface area contributed by atoms with Gasteiger partial charge in [-0.25, -0.2) is 9.59 Å². The molecule has 5 heteroatoms. The number of aromatic carboxylic acids is 2. The highest BCUT2D eigenvalue weighted by atomic mass is 16.4. The van der Waals surface area contributed by atoms with Gasteiger partial charge < -0.3 is 10.2 Å². The van der Waals surface area contributed by atoms with E-state index in [1.165, 1.54) is 28.3 Å². The summed E-state index contributed by atoms with van der Waals surface area (Å²) in [5.74, 6) is -2.39. The standard InChI is InChI=1S/C25H15NO4/c27-24(28)18-10-19(25(29)30)12-20(11-18)26-13-17-7-6-16-5-4-14-2-1-3-15-8-9-21(17)23(16)22(14)15/h1-13H,(H,27,28)(H,29,30). The molecule has 0 saturated heterocycles. The zero-order chi connectivity index (χ0) is 20.8. The van der Waals surface area contributed by atoms with Crippen LogP contribution in [0.4, 0.5) is 5.69 Å². The molecule has 0 aliphatic rings. The van der Waals surface area contributed by atoms with Crippen molar-refractivity contribution < 1.29 is 19.8 Å². The molecule has 0 radical (unpaired) electrons. The number of carbonyl (C=O) groups is 2. The van der Waals surface area contributed by atoms with Crippen LogP contribution >= 0.6 is 0 Å². The molecule has 5 nitrogen and oxygen atoms in total. The van der Waals surface area contributed by atoms with Crippen molar-refractivity contribution in [2.75, 3.05) is 0 Å². The molecule has 5 aromatic carbocycles. The van der Waals surface area contributed by atoms with Crippen LogP contribution in [0.5, 0.6) is 0 Å². The van der Waals surface area contributed by atoms with Gasteiger partial charge in [-0.2, -0.15) is 0 Å². The third-order valence-corrected chi connectivity index (χ3v) is 5.33. The summed E-state index contributed by atoms with van der Waals surface area (Å²) >= 11 is 0. The van der Waals surface area contributed by atoms with E-state index in [4.69, 9.17) is 0 Å². The van der Waals surface area contributed by atoms with Gasteiger partial charge in [0.2, 0.25) is 0 Å². The van der Waals surface area contributed by atoms with E-state index in [0.29, 0.717) is 0 Å². The molecule has 0 amide bonds. The van der Waals surface area contributed by atoms with Crippen LogP contribution in [0.2, 0.25) is 0 Å². The van der Waals surface area contributed by atoms with Crippen LogP contribution < -0.4 is 0 Å². The molecule has 0 fully saturated rings. The molecule has 0 aliphatic heterocycles. The molecule has 0 aliphatic carbocycles. The monoisotopic (exact) mass is 393 g/mol. The molecule has 2 N–H and O–H groups in total. The average molecular weight is 393 g/mol. The Bertz CT molecular complexity index is 1450. The lowest BCUT2D eigenvalue weighted by Gasteiger charge is -2.12. The van der Waals surface area contributed by atoms with Gasteiger partial charge in [-0.15, -0.1) is 0 Å². The topological polar surface area (TPSA) is 87.0 Å². The first kappa shape index (κ1) is 17.8. The highest BCUT2D eigenvalue weighted by Gasteiger charge is 2.12. The van der Waals surface area contributed by atoms with E-state index in [0.717, 1.165) is 27.8 Å². The second-order valence-electron chi connectivity index (χ2n) is 7.15. The van der Waals surface area contributed by atoms with Gasteiger partial charge in [0.15, 0.2) is 0 Å². The molecular formula is C25H15NO4. The summed E-state index contributed by atoms with van der Waals surface area (Å²) in [5.41, 5.74) is 0.922. The molecule has 0 heterocycles. The second kappa shape index (κ2) is 6.67. The number of aliphatic imine (C=N–C) groups is 1. The maximum atomic E-state index is 11.3. The maximum absolute atomic E-state index is 11.3. The lowest BCUT2D eigenvalue weighted by atomic mass is 9.92. The Labute approximate surface area is 170 Å². The van der Waals surface area contributed by atoms with Crippen molar-refractivity contribution in [1.82, 2.24) is 0 Å². The minimum atomic E-state index is -1.20. The van der Waals surface area contributed by atoms with E-state index in [-0.39, 0.29) is 16.8 Å². The van der Waals surface area contributed by atoms with Crippen LogP contribution in [-0.2, 0) is 0 Å². The zero-order valence-corrected chi connectivity index (χ0v) is 15.7. The molecular weight excluding hydrogens is 378 g/mol. The average Bonchev–Trinajstić information content (AvgIpc) is 2.76. The summed E-state index contributed by atoms with van der Waals surface area (Å²) in [4.78, 5) is 27.0. The van der Waals surface area contributed by atoms with E-state index >= 15 is 0 Å². The van der Waals surface area contributed by atoms with Gasteiger partial charge in [0.05, 0.1) is 16.8 Å². The van der Waals surface area contributed by atoms with Crippen LogP contribution in [0.15, 0.2) is 77.8 Å². The number of rotatable bonds is 4. The van der Waals surface area contributed by atoms with Crippen LogP contribution in [-0.4, -0.2) is 28.4 Å². The number of hydrogen-bond donors (Lipinski definition) is 2. The van der Waals surface area contributed by atoms with Crippen molar-refractivity contribution in [1.29, 1.82) is 0 Å². The summed E-state index contributed by atoms with van der Waals surface area (Å²) < 4.78 is 0. The Morgan fingerprint density at radius 2 is 1.27 bits per heavy atom. The van der Waals surface area contributed by atoms with Crippen LogP contribution in [0.1, 0.15) is 26.3 Å². The molecule has 0 saturated carbocycles. The number of carboxylic acids is 2. The van der Waals surface area contributed by atoms with Crippen molar-refractivity contribution in [2.45, 2.75) is 0 Å². The number of carboxylic acid groups (broad SMARTS) is 2. The summed E-state index contributed by atoms with van der Waals surface area (Å²) in [5, 5.41) is 25.4. The molecule has 0 atom stereocenters. The smallest absolute Gasteiger partial charge is 0.335 e. The first-order chi connectivity index (χ1) is 14.5. The fourth-order valence-electron chi connectivity index (χ4n) is 3.95. The summed E-state index contributed by atoms with van der Waals surface area (Å²) in [6, 6.07) is 22.4. The fraction of sp³-hybridized carbons (Fsp3) is 0. The predicted octanol–water partition coefficient (Wildman–Crippen LogP) is 5.73. The molecule has 0 unspecified atom stereocenters. The van der Waals surface area contributed by atoms with E-state index in [1.807, 2.05) is 18.2 Å². The molecule has 144 valence electrons. The Morgan fingerprint density at radius 1 is 0.700 bits per heavy atom. The Balaban J connectivity index is 1.68. The lowest BCUT2D eigenvalue weighted by Crippen LogP contribution is -2.01. The molecule has 0 bridgehead atoms. The van der Waals surface area contributed by atoms with Gasteiger partial charge in [-0.05, 0) is 50.5 Å². The molecule has 0 aromatic heterocycles. The molecule has 0 spiro atoms. The molecule has 5 rings (SSSR count). The van der Waals surface area contributed by atoms with Crippen molar-refractivity contribution in [3.63, 3.8) is 0 Å². The molecule has 5 aromatic rings. The van der Waals surface area contributed by atoms with Crippen LogP contribution in [0.3, 0.4) is 0 Å². The highest BCUT2D eigenvalue weighted by Crippen LogP contribution is 2.35. The normalized spacial score (nSPS) is 11.7. The summed E-state index contributed by atoms with van der Waals surface area (Å²) in [6.07, 6.45) is 1.65. The second-order valence-corrected chi connectivity index (χ2v) is 7.15. The van der Waals surface area contributed by atoms with Gasteiger partial charge in [0.25, 0.3) is 0 Å². The van der Waals surface area contributed by atoms with E-state index in [1.54, 1.807) is 6.21 Å². The Morgan fingerprint density at radius 3 is 1.90 bits per heavy atom. The van der Waals surface area contributed by atoms with Crippen LogP contribution in [0, 0.1) is 0 Å². The lowest BCUT2D eigenvalue weighted by molar-refractivity contribution is 0.0696. The third kappa shape index (κ3) is 2.84. The van der Waals surface area contributed by atoms with Crippen molar-refractivity contribution in [3.8, 4) is 0 Å². The van der Waals surface area contributed by atoms with Gasteiger partial charge in [-0.1, -0.05) is 54.6 Å². The highest BCUT2D eigenvalue weighted by molar-refractivity contribution is 6.25. The number of hydrogen-bond acceptors (Lipinski definition) is 3. The van der Waals surface area contributed by atoms with Crippen molar-refractivity contribution in [3.05, 3.63) is 89.5 Å². The van der Waals surface area contributed by atoms with Gasteiger partial charge in [0.1, 0.15) is 0 Å². The first-order valence-corrected chi connectivity index (χ1v) is 9.33. The van der Waals surface area contributed by atoms with Crippen molar-refractivity contribution >= 4 is 56.2 Å². The Kier molecular flexibility index (Phi) is 3.96. The zero-order valence-electron chi connectivity index (χ0n) is 15.7. The van der Waals surface area contributed by atoms with Gasteiger partial charge in [-0.3, -0.25) is 4.99 Å². The summed E-state index contributed by atoms with van der Waals surface area (Å²) in [7, 11) is 0. The minimum absolute atomic E-state index is 0.113. The largest absolute Gasteiger partial charge is 0.478 e.